The van der Waals surface area contributed by atoms with E-state index in [9.17, 15) is 13.2 Å². The van der Waals surface area contributed by atoms with E-state index in [4.69, 9.17) is 0 Å². The van der Waals surface area contributed by atoms with E-state index < -0.39 is 9.84 Å². The Kier molecular flexibility index (Phi) is 7.24. The van der Waals surface area contributed by atoms with Crippen LogP contribution in [0, 0.1) is 6.92 Å². The Morgan fingerprint density at radius 2 is 1.77 bits per heavy atom. The van der Waals surface area contributed by atoms with Gasteiger partial charge in [0.1, 0.15) is 0 Å². The van der Waals surface area contributed by atoms with E-state index in [0.717, 1.165) is 25.2 Å². The highest BCUT2D eigenvalue weighted by Crippen LogP contribution is 2.19. The lowest BCUT2D eigenvalue weighted by Gasteiger charge is -2.30. The molecule has 1 saturated heterocycles. The van der Waals surface area contributed by atoms with Crippen LogP contribution in [0.15, 0.2) is 23.1 Å². The van der Waals surface area contributed by atoms with Crippen LogP contribution in [-0.2, 0) is 9.84 Å². The van der Waals surface area contributed by atoms with Gasteiger partial charge in [0.25, 0.3) is 5.91 Å². The lowest BCUT2D eigenvalue weighted by molar-refractivity contribution is 0.0681. The quantitative estimate of drug-likeness (QED) is 0.761. The summed E-state index contributed by atoms with van der Waals surface area (Å²) in [5.41, 5.74) is 1.29. The van der Waals surface area contributed by atoms with Gasteiger partial charge in [-0.15, -0.1) is 0 Å². The number of sulfone groups is 1. The van der Waals surface area contributed by atoms with Gasteiger partial charge in [-0.25, -0.2) is 8.42 Å². The Morgan fingerprint density at radius 1 is 1.15 bits per heavy atom. The molecular formula is C20H32N2O3S. The van der Waals surface area contributed by atoms with Crippen LogP contribution in [0.3, 0.4) is 0 Å². The fraction of sp³-hybridized carbons (Fsp3) is 0.650. The van der Waals surface area contributed by atoms with Crippen LogP contribution < -0.4 is 0 Å². The number of rotatable bonds is 6. The summed E-state index contributed by atoms with van der Waals surface area (Å²) < 4.78 is 23.7. The van der Waals surface area contributed by atoms with Crippen molar-refractivity contribution >= 4 is 15.7 Å². The number of nitrogens with zero attached hydrogens (tertiary/aromatic N) is 2. The van der Waals surface area contributed by atoms with E-state index in [1.54, 1.807) is 12.1 Å². The molecule has 0 spiro atoms. The SMILES string of the molecule is Cc1ccc(S(C)(=O)=O)cc1C(=O)N(CCN1CCCCCC1)C(C)C. The van der Waals surface area contributed by atoms with Crippen molar-refractivity contribution in [3.8, 4) is 0 Å². The summed E-state index contributed by atoms with van der Waals surface area (Å²) in [6.45, 7) is 9.61. The average Bonchev–Trinajstić information content (AvgIpc) is 2.82. The van der Waals surface area contributed by atoms with Crippen LogP contribution in [0.5, 0.6) is 0 Å². The average molecular weight is 381 g/mol. The first kappa shape index (κ1) is 20.9. The third-order valence-corrected chi connectivity index (χ3v) is 6.22. The first-order valence-corrected chi connectivity index (χ1v) is 11.4. The van der Waals surface area contributed by atoms with Crippen LogP contribution >= 0.6 is 0 Å². The molecule has 2 rings (SSSR count). The molecule has 1 aromatic carbocycles. The van der Waals surface area contributed by atoms with Crippen molar-refractivity contribution in [2.75, 3.05) is 32.4 Å². The lowest BCUT2D eigenvalue weighted by Crippen LogP contribution is -2.43. The normalized spacial score (nSPS) is 16.5. The number of hydrogen-bond donors (Lipinski definition) is 0. The predicted octanol–water partition coefficient (Wildman–Crippen LogP) is 3.13. The van der Waals surface area contributed by atoms with Gasteiger partial charge in [0.05, 0.1) is 4.90 Å². The van der Waals surface area contributed by atoms with Gasteiger partial charge in [0.2, 0.25) is 0 Å². The van der Waals surface area contributed by atoms with Crippen LogP contribution in [-0.4, -0.2) is 62.6 Å². The smallest absolute Gasteiger partial charge is 0.254 e. The van der Waals surface area contributed by atoms with Gasteiger partial charge in [-0.2, -0.15) is 0 Å². The van der Waals surface area contributed by atoms with Gasteiger partial charge in [-0.05, 0) is 64.4 Å². The van der Waals surface area contributed by atoms with E-state index in [1.807, 2.05) is 25.7 Å². The second-order valence-electron chi connectivity index (χ2n) is 7.60. The zero-order chi connectivity index (χ0) is 19.3. The van der Waals surface area contributed by atoms with Crippen molar-refractivity contribution in [3.63, 3.8) is 0 Å². The summed E-state index contributed by atoms with van der Waals surface area (Å²) in [7, 11) is -3.33. The molecule has 0 aromatic heterocycles. The molecule has 1 aromatic rings. The van der Waals surface area contributed by atoms with Gasteiger partial charge < -0.3 is 9.80 Å². The van der Waals surface area contributed by atoms with Crippen molar-refractivity contribution < 1.29 is 13.2 Å². The summed E-state index contributed by atoms with van der Waals surface area (Å²) in [4.78, 5) is 17.6. The minimum Gasteiger partial charge on any atom is -0.335 e. The number of hydrogen-bond acceptors (Lipinski definition) is 4. The molecule has 0 saturated carbocycles. The van der Waals surface area contributed by atoms with Crippen molar-refractivity contribution in [3.05, 3.63) is 29.3 Å². The molecule has 0 radical (unpaired) electrons. The predicted molar refractivity (Wildman–Crippen MR) is 105 cm³/mol. The molecule has 0 N–H and O–H groups in total. The highest BCUT2D eigenvalue weighted by Gasteiger charge is 2.23. The maximum absolute atomic E-state index is 13.1. The van der Waals surface area contributed by atoms with E-state index in [-0.39, 0.29) is 16.8 Å². The van der Waals surface area contributed by atoms with E-state index >= 15 is 0 Å². The number of benzene rings is 1. The van der Waals surface area contributed by atoms with Crippen LogP contribution in [0.2, 0.25) is 0 Å². The third kappa shape index (κ3) is 5.55. The molecule has 0 unspecified atom stereocenters. The van der Waals surface area contributed by atoms with Crippen molar-refractivity contribution in [1.29, 1.82) is 0 Å². The van der Waals surface area contributed by atoms with E-state index in [2.05, 4.69) is 4.90 Å². The van der Waals surface area contributed by atoms with E-state index in [0.29, 0.717) is 12.1 Å². The maximum atomic E-state index is 13.1. The number of amides is 1. The van der Waals surface area contributed by atoms with Gasteiger partial charge in [0.15, 0.2) is 9.84 Å². The van der Waals surface area contributed by atoms with Crippen molar-refractivity contribution in [1.82, 2.24) is 9.80 Å². The largest absolute Gasteiger partial charge is 0.335 e. The zero-order valence-electron chi connectivity index (χ0n) is 16.5. The molecule has 1 heterocycles. The Balaban J connectivity index is 2.17. The molecule has 6 heteroatoms. The summed E-state index contributed by atoms with van der Waals surface area (Å²) in [5, 5.41) is 0. The zero-order valence-corrected chi connectivity index (χ0v) is 17.3. The van der Waals surface area contributed by atoms with Gasteiger partial charge in [0, 0.05) is 31.0 Å². The second-order valence-corrected chi connectivity index (χ2v) is 9.61. The molecule has 26 heavy (non-hydrogen) atoms. The second kappa shape index (κ2) is 9.00. The molecule has 0 atom stereocenters. The number of carbonyl (C=O) groups excluding carboxylic acids is 1. The fourth-order valence-corrected chi connectivity index (χ4v) is 4.07. The standard InChI is InChI=1S/C20H32N2O3S/c1-16(2)22(14-13-21-11-7-5-6-8-12-21)20(23)19-15-18(26(4,24)25)10-9-17(19)3/h9-10,15-16H,5-8,11-14H2,1-4H3. The Hall–Kier alpha value is -1.40. The summed E-state index contributed by atoms with van der Waals surface area (Å²) in [6.07, 6.45) is 6.21. The van der Waals surface area contributed by atoms with Crippen LogP contribution in [0.25, 0.3) is 0 Å². The molecule has 0 aliphatic carbocycles. The topological polar surface area (TPSA) is 57.7 Å². The van der Waals surface area contributed by atoms with Gasteiger partial charge >= 0.3 is 0 Å². The van der Waals surface area contributed by atoms with Crippen LogP contribution in [0.4, 0.5) is 0 Å². The van der Waals surface area contributed by atoms with Crippen molar-refractivity contribution in [2.24, 2.45) is 0 Å². The minimum absolute atomic E-state index is 0.0655. The lowest BCUT2D eigenvalue weighted by atomic mass is 10.1. The van der Waals surface area contributed by atoms with Gasteiger partial charge in [-0.1, -0.05) is 18.9 Å². The molecule has 1 aliphatic heterocycles. The Labute approximate surface area is 158 Å². The molecule has 1 fully saturated rings. The Morgan fingerprint density at radius 3 is 2.31 bits per heavy atom. The highest BCUT2D eigenvalue weighted by molar-refractivity contribution is 7.90. The summed E-state index contributed by atoms with van der Waals surface area (Å²) >= 11 is 0. The number of carbonyl (C=O) groups is 1. The highest BCUT2D eigenvalue weighted by atomic mass is 32.2. The first-order chi connectivity index (χ1) is 12.2. The minimum atomic E-state index is -3.33. The molecular weight excluding hydrogens is 348 g/mol. The summed E-state index contributed by atoms with van der Waals surface area (Å²) in [6, 6.07) is 4.87. The van der Waals surface area contributed by atoms with Crippen molar-refractivity contribution in [2.45, 2.75) is 57.4 Å². The Bertz CT molecular complexity index is 721. The monoisotopic (exact) mass is 380 g/mol. The third-order valence-electron chi connectivity index (χ3n) is 5.11. The molecule has 1 amide bonds. The molecule has 0 bridgehead atoms. The molecule has 146 valence electrons. The fourth-order valence-electron chi connectivity index (χ4n) is 3.42. The molecule has 5 nitrogen and oxygen atoms in total. The van der Waals surface area contributed by atoms with Gasteiger partial charge in [-0.3, -0.25) is 4.79 Å². The number of aryl methyl sites for hydroxylation is 1. The van der Waals surface area contributed by atoms with Crippen LogP contribution in [0.1, 0.15) is 55.5 Å². The van der Waals surface area contributed by atoms with E-state index in [1.165, 1.54) is 38.0 Å². The number of likely N-dealkylation sites (tertiary alicyclic amines) is 1. The first-order valence-electron chi connectivity index (χ1n) is 9.54. The molecule has 1 aliphatic rings. The maximum Gasteiger partial charge on any atom is 0.254 e. The summed E-state index contributed by atoms with van der Waals surface area (Å²) in [5.74, 6) is -0.0854.